The number of nitrogens with zero attached hydrogens (tertiary/aromatic N) is 2. The molecule has 0 spiro atoms. The number of carbonyl (C=O) groups excluding carboxylic acids is 1. The summed E-state index contributed by atoms with van der Waals surface area (Å²) in [6.07, 6.45) is 2.42. The van der Waals surface area contributed by atoms with E-state index in [0.29, 0.717) is 29.7 Å². The normalized spacial score (nSPS) is 11.3. The summed E-state index contributed by atoms with van der Waals surface area (Å²) in [6.45, 7) is 10.3. The molecule has 0 aliphatic heterocycles. The highest BCUT2D eigenvalue weighted by Crippen LogP contribution is 2.24. The molecule has 0 saturated carbocycles. The van der Waals surface area contributed by atoms with E-state index in [1.54, 1.807) is 10.9 Å². The van der Waals surface area contributed by atoms with Crippen molar-refractivity contribution in [3.63, 3.8) is 0 Å². The van der Waals surface area contributed by atoms with Crippen LogP contribution in [0.25, 0.3) is 5.69 Å². The largest absolute Gasteiger partial charge is 0.381 e. The molecule has 6 heteroatoms. The van der Waals surface area contributed by atoms with Gasteiger partial charge in [0, 0.05) is 24.8 Å². The first-order valence-electron chi connectivity index (χ1n) is 9.10. The summed E-state index contributed by atoms with van der Waals surface area (Å²) in [6, 6.07) is 7.46. The topological polar surface area (TPSA) is 56.1 Å². The number of aromatic nitrogens is 2. The van der Waals surface area contributed by atoms with E-state index in [1.807, 2.05) is 24.3 Å². The second-order valence-electron chi connectivity index (χ2n) is 7.07. The van der Waals surface area contributed by atoms with Crippen LogP contribution in [0.15, 0.2) is 30.5 Å². The first-order chi connectivity index (χ1) is 12.4. The molecule has 142 valence electrons. The van der Waals surface area contributed by atoms with Gasteiger partial charge in [-0.05, 0) is 36.5 Å². The smallest absolute Gasteiger partial charge is 0.254 e. The minimum Gasteiger partial charge on any atom is -0.381 e. The highest BCUT2D eigenvalue weighted by molar-refractivity contribution is 6.30. The first kappa shape index (κ1) is 20.5. The maximum absolute atomic E-state index is 12.6. The number of hydrogen-bond acceptors (Lipinski definition) is 3. The van der Waals surface area contributed by atoms with Gasteiger partial charge >= 0.3 is 0 Å². The fraction of sp³-hybridized carbons (Fsp3) is 0.500. The Labute approximate surface area is 160 Å². The van der Waals surface area contributed by atoms with Crippen LogP contribution >= 0.6 is 11.6 Å². The SMILES string of the molecule is CC(C)COCCCNC(=O)c1cnn(-c2cccc(Cl)c2)c1C(C)C. The maximum Gasteiger partial charge on any atom is 0.254 e. The molecule has 1 aromatic carbocycles. The Morgan fingerprint density at radius 1 is 1.31 bits per heavy atom. The molecular formula is C20H28ClN3O2. The average Bonchev–Trinajstić information content (AvgIpc) is 3.03. The molecule has 1 amide bonds. The Morgan fingerprint density at radius 3 is 2.73 bits per heavy atom. The molecule has 26 heavy (non-hydrogen) atoms. The number of rotatable bonds is 9. The molecular weight excluding hydrogens is 350 g/mol. The summed E-state index contributed by atoms with van der Waals surface area (Å²) in [5.41, 5.74) is 2.33. The summed E-state index contributed by atoms with van der Waals surface area (Å²) in [4.78, 5) is 12.6. The number of nitrogens with one attached hydrogen (secondary N) is 1. The predicted molar refractivity (Wildman–Crippen MR) is 105 cm³/mol. The van der Waals surface area contributed by atoms with Crippen LogP contribution in [0, 0.1) is 5.92 Å². The van der Waals surface area contributed by atoms with Gasteiger partial charge < -0.3 is 10.1 Å². The van der Waals surface area contributed by atoms with Gasteiger partial charge in [-0.1, -0.05) is 45.4 Å². The van der Waals surface area contributed by atoms with Gasteiger partial charge in [0.25, 0.3) is 5.91 Å². The van der Waals surface area contributed by atoms with Crippen molar-refractivity contribution >= 4 is 17.5 Å². The van der Waals surface area contributed by atoms with Gasteiger partial charge in [-0.3, -0.25) is 4.79 Å². The summed E-state index contributed by atoms with van der Waals surface area (Å²) in [7, 11) is 0. The maximum atomic E-state index is 12.6. The van der Waals surface area contributed by atoms with E-state index in [9.17, 15) is 4.79 Å². The van der Waals surface area contributed by atoms with E-state index in [1.165, 1.54) is 0 Å². The summed E-state index contributed by atoms with van der Waals surface area (Å²) < 4.78 is 7.33. The third-order valence-corrected chi connectivity index (χ3v) is 4.09. The van der Waals surface area contributed by atoms with Gasteiger partial charge in [-0.25, -0.2) is 4.68 Å². The quantitative estimate of drug-likeness (QED) is 0.657. The van der Waals surface area contributed by atoms with Gasteiger partial charge in [0.2, 0.25) is 0 Å². The summed E-state index contributed by atoms with van der Waals surface area (Å²) in [5, 5.41) is 8.02. The number of benzene rings is 1. The van der Waals surface area contributed by atoms with Gasteiger partial charge in [-0.15, -0.1) is 0 Å². The molecule has 0 bridgehead atoms. The fourth-order valence-electron chi connectivity index (χ4n) is 2.69. The van der Waals surface area contributed by atoms with E-state index < -0.39 is 0 Å². The molecule has 2 rings (SSSR count). The second kappa shape index (κ2) is 9.74. The number of amides is 1. The molecule has 0 saturated heterocycles. The van der Waals surface area contributed by atoms with Crippen LogP contribution < -0.4 is 5.32 Å². The van der Waals surface area contributed by atoms with Gasteiger partial charge in [0.15, 0.2) is 0 Å². The third-order valence-electron chi connectivity index (χ3n) is 3.85. The zero-order chi connectivity index (χ0) is 19.1. The molecule has 1 heterocycles. The predicted octanol–water partition coefficient (Wildman–Crippen LogP) is 4.44. The molecule has 1 aromatic heterocycles. The fourth-order valence-corrected chi connectivity index (χ4v) is 2.88. The van der Waals surface area contributed by atoms with Crippen LogP contribution in [0.5, 0.6) is 0 Å². The van der Waals surface area contributed by atoms with Crippen molar-refractivity contribution in [3.05, 3.63) is 46.7 Å². The van der Waals surface area contributed by atoms with Crippen molar-refractivity contribution in [1.29, 1.82) is 0 Å². The molecule has 0 unspecified atom stereocenters. The molecule has 0 fully saturated rings. The number of halogens is 1. The lowest BCUT2D eigenvalue weighted by molar-refractivity contribution is 0.0924. The number of carbonyl (C=O) groups is 1. The number of hydrogen-bond donors (Lipinski definition) is 1. The van der Waals surface area contributed by atoms with E-state index in [2.05, 4.69) is 38.1 Å². The Balaban J connectivity index is 2.04. The molecule has 0 aliphatic rings. The third kappa shape index (κ3) is 5.58. The van der Waals surface area contributed by atoms with Crippen LogP contribution in [-0.4, -0.2) is 35.4 Å². The van der Waals surface area contributed by atoms with Crippen molar-refractivity contribution in [2.45, 2.75) is 40.0 Å². The monoisotopic (exact) mass is 377 g/mol. The Bertz CT molecular complexity index is 726. The van der Waals surface area contributed by atoms with E-state index >= 15 is 0 Å². The summed E-state index contributed by atoms with van der Waals surface area (Å²) >= 11 is 6.09. The van der Waals surface area contributed by atoms with Crippen LogP contribution in [0.3, 0.4) is 0 Å². The lowest BCUT2D eigenvalue weighted by Crippen LogP contribution is -2.26. The van der Waals surface area contributed by atoms with Crippen molar-refractivity contribution in [2.75, 3.05) is 19.8 Å². The standard InChI is InChI=1S/C20H28ClN3O2/c1-14(2)13-26-10-6-9-22-20(25)18-12-23-24(19(18)15(3)4)17-8-5-7-16(21)11-17/h5,7-8,11-12,14-15H,6,9-10,13H2,1-4H3,(H,22,25). The Morgan fingerprint density at radius 2 is 2.08 bits per heavy atom. The molecule has 5 nitrogen and oxygen atoms in total. The highest BCUT2D eigenvalue weighted by Gasteiger charge is 2.20. The zero-order valence-electron chi connectivity index (χ0n) is 16.0. The van der Waals surface area contributed by atoms with Gasteiger partial charge in [0.05, 0.1) is 23.1 Å². The van der Waals surface area contributed by atoms with Crippen molar-refractivity contribution < 1.29 is 9.53 Å². The highest BCUT2D eigenvalue weighted by atomic mass is 35.5. The second-order valence-corrected chi connectivity index (χ2v) is 7.50. The van der Waals surface area contributed by atoms with Gasteiger partial charge in [0.1, 0.15) is 0 Å². The molecule has 0 atom stereocenters. The van der Waals surface area contributed by atoms with Crippen molar-refractivity contribution in [1.82, 2.24) is 15.1 Å². The van der Waals surface area contributed by atoms with Crippen LogP contribution in [0.1, 0.15) is 56.1 Å². The summed E-state index contributed by atoms with van der Waals surface area (Å²) in [5.74, 6) is 0.563. The van der Waals surface area contributed by atoms with E-state index in [-0.39, 0.29) is 11.8 Å². The molecule has 1 N–H and O–H groups in total. The Hall–Kier alpha value is -1.85. The first-order valence-corrected chi connectivity index (χ1v) is 9.47. The molecule has 0 radical (unpaired) electrons. The molecule has 2 aromatic rings. The molecule has 0 aliphatic carbocycles. The number of ether oxygens (including phenoxy) is 1. The van der Waals surface area contributed by atoms with Crippen molar-refractivity contribution in [2.24, 2.45) is 5.92 Å². The van der Waals surface area contributed by atoms with Crippen LogP contribution in [0.4, 0.5) is 0 Å². The minimum atomic E-state index is -0.106. The average molecular weight is 378 g/mol. The zero-order valence-corrected chi connectivity index (χ0v) is 16.7. The minimum absolute atomic E-state index is 0.106. The lowest BCUT2D eigenvalue weighted by Gasteiger charge is -2.13. The van der Waals surface area contributed by atoms with E-state index in [4.69, 9.17) is 16.3 Å². The van der Waals surface area contributed by atoms with Gasteiger partial charge in [-0.2, -0.15) is 5.10 Å². The lowest BCUT2D eigenvalue weighted by atomic mass is 10.0. The van der Waals surface area contributed by atoms with Crippen LogP contribution in [0.2, 0.25) is 5.02 Å². The van der Waals surface area contributed by atoms with Crippen molar-refractivity contribution in [3.8, 4) is 5.69 Å². The van der Waals surface area contributed by atoms with E-state index in [0.717, 1.165) is 24.4 Å². The van der Waals surface area contributed by atoms with Crippen LogP contribution in [-0.2, 0) is 4.74 Å². The Kier molecular flexibility index (Phi) is 7.66.